The van der Waals surface area contributed by atoms with E-state index in [2.05, 4.69) is 0 Å². The van der Waals surface area contributed by atoms with Gasteiger partial charge in [0.1, 0.15) is 17.1 Å². The summed E-state index contributed by atoms with van der Waals surface area (Å²) in [6.45, 7) is 1.91. The molecule has 0 aromatic heterocycles. The van der Waals surface area contributed by atoms with E-state index in [1.54, 1.807) is 30.3 Å². The Morgan fingerprint density at radius 1 is 1.05 bits per heavy atom. The van der Waals surface area contributed by atoms with Crippen molar-refractivity contribution in [3.63, 3.8) is 0 Å². The van der Waals surface area contributed by atoms with Crippen LogP contribution in [0.1, 0.15) is 21.5 Å². The van der Waals surface area contributed by atoms with Crippen LogP contribution in [-0.4, -0.2) is 20.0 Å². The smallest absolute Gasteiger partial charge is 0.202 e. The fraction of sp³-hybridized carbons (Fsp3) is 0.188. The monoisotopic (exact) mass is 271 g/mol. The molecule has 4 heteroatoms. The van der Waals surface area contributed by atoms with Crippen LogP contribution in [-0.2, 0) is 0 Å². The molecule has 2 aromatic rings. The molecule has 0 aliphatic heterocycles. The largest absolute Gasteiger partial charge is 0.496 e. The number of carbonyl (C=O) groups is 1. The highest BCUT2D eigenvalue weighted by Gasteiger charge is 2.21. The minimum absolute atomic E-state index is 0.208. The van der Waals surface area contributed by atoms with E-state index >= 15 is 0 Å². The molecule has 0 fully saturated rings. The Kier molecular flexibility index (Phi) is 3.94. The first kappa shape index (κ1) is 13.9. The highest BCUT2D eigenvalue weighted by molar-refractivity contribution is 6.15. The number of benzene rings is 2. The summed E-state index contributed by atoms with van der Waals surface area (Å²) in [6, 6.07) is 10.6. The van der Waals surface area contributed by atoms with E-state index in [0.29, 0.717) is 28.3 Å². The summed E-state index contributed by atoms with van der Waals surface area (Å²) in [5.41, 5.74) is 8.15. The van der Waals surface area contributed by atoms with Gasteiger partial charge in [0.25, 0.3) is 0 Å². The van der Waals surface area contributed by atoms with Crippen LogP contribution in [0.15, 0.2) is 36.4 Å². The number of ether oxygens (including phenoxy) is 2. The van der Waals surface area contributed by atoms with Crippen molar-refractivity contribution in [1.29, 1.82) is 0 Å². The van der Waals surface area contributed by atoms with Crippen molar-refractivity contribution in [1.82, 2.24) is 0 Å². The number of aryl methyl sites for hydroxylation is 1. The number of nitrogen functional groups attached to an aromatic ring is 1. The van der Waals surface area contributed by atoms with E-state index in [1.807, 2.05) is 13.0 Å². The normalized spacial score (nSPS) is 10.2. The van der Waals surface area contributed by atoms with Gasteiger partial charge in [0, 0.05) is 11.3 Å². The summed E-state index contributed by atoms with van der Waals surface area (Å²) in [5.74, 6) is 0.728. The van der Waals surface area contributed by atoms with Crippen LogP contribution in [0.4, 0.5) is 5.69 Å². The zero-order chi connectivity index (χ0) is 14.7. The van der Waals surface area contributed by atoms with E-state index in [1.165, 1.54) is 14.2 Å². The number of nitrogens with two attached hydrogens (primary N) is 1. The first-order valence-electron chi connectivity index (χ1n) is 6.20. The quantitative estimate of drug-likeness (QED) is 0.686. The molecule has 2 aromatic carbocycles. The summed E-state index contributed by atoms with van der Waals surface area (Å²) in [4.78, 5) is 12.7. The minimum Gasteiger partial charge on any atom is -0.496 e. The van der Waals surface area contributed by atoms with Crippen molar-refractivity contribution in [2.24, 2.45) is 0 Å². The summed E-state index contributed by atoms with van der Waals surface area (Å²) in [6.07, 6.45) is 0. The highest BCUT2D eigenvalue weighted by Crippen LogP contribution is 2.32. The Hall–Kier alpha value is -2.49. The van der Waals surface area contributed by atoms with Gasteiger partial charge >= 0.3 is 0 Å². The molecule has 2 N–H and O–H groups in total. The lowest BCUT2D eigenvalue weighted by Crippen LogP contribution is -2.09. The average molecular weight is 271 g/mol. The number of anilines is 1. The summed E-state index contributed by atoms with van der Waals surface area (Å²) in [7, 11) is 3.04. The van der Waals surface area contributed by atoms with Crippen LogP contribution in [0.2, 0.25) is 0 Å². The molecule has 0 aliphatic carbocycles. The maximum Gasteiger partial charge on any atom is 0.202 e. The molecule has 4 nitrogen and oxygen atoms in total. The highest BCUT2D eigenvalue weighted by atomic mass is 16.5. The first-order chi connectivity index (χ1) is 9.58. The van der Waals surface area contributed by atoms with Crippen molar-refractivity contribution in [2.45, 2.75) is 6.92 Å². The van der Waals surface area contributed by atoms with Crippen molar-refractivity contribution < 1.29 is 14.3 Å². The Morgan fingerprint density at radius 3 is 2.20 bits per heavy atom. The van der Waals surface area contributed by atoms with Crippen molar-refractivity contribution in [3.8, 4) is 11.5 Å². The summed E-state index contributed by atoms with van der Waals surface area (Å²) >= 11 is 0. The second-order valence-electron chi connectivity index (χ2n) is 4.46. The van der Waals surface area contributed by atoms with Gasteiger partial charge < -0.3 is 15.2 Å². The van der Waals surface area contributed by atoms with Crippen molar-refractivity contribution in [3.05, 3.63) is 53.1 Å². The molecule has 0 spiro atoms. The molecule has 0 saturated heterocycles. The number of hydrogen-bond acceptors (Lipinski definition) is 4. The van der Waals surface area contributed by atoms with Gasteiger partial charge in [-0.25, -0.2) is 0 Å². The SMILES string of the molecule is COc1cccc(OC)c1C(=O)c1cc(C)ccc1N. The van der Waals surface area contributed by atoms with Crippen LogP contribution >= 0.6 is 0 Å². The lowest BCUT2D eigenvalue weighted by atomic mass is 9.98. The molecule has 2 rings (SSSR count). The third kappa shape index (κ3) is 2.45. The topological polar surface area (TPSA) is 61.5 Å². The maximum atomic E-state index is 12.7. The lowest BCUT2D eigenvalue weighted by molar-refractivity contribution is 0.103. The third-order valence-electron chi connectivity index (χ3n) is 3.11. The van der Waals surface area contributed by atoms with Gasteiger partial charge in [-0.1, -0.05) is 17.7 Å². The number of carbonyl (C=O) groups excluding carboxylic acids is 1. The van der Waals surface area contributed by atoms with Crippen LogP contribution in [0.5, 0.6) is 11.5 Å². The van der Waals surface area contributed by atoms with Gasteiger partial charge in [0.05, 0.1) is 14.2 Å². The molecule has 0 bridgehead atoms. The Bertz CT molecular complexity index is 628. The molecule has 0 unspecified atom stereocenters. The fourth-order valence-electron chi connectivity index (χ4n) is 2.08. The molecule has 104 valence electrons. The molecule has 20 heavy (non-hydrogen) atoms. The van der Waals surface area contributed by atoms with E-state index in [9.17, 15) is 4.79 Å². The molecule has 0 radical (unpaired) electrons. The molecular weight excluding hydrogens is 254 g/mol. The predicted molar refractivity (Wildman–Crippen MR) is 78.6 cm³/mol. The zero-order valence-corrected chi connectivity index (χ0v) is 11.8. The molecule has 0 saturated carbocycles. The van der Waals surface area contributed by atoms with E-state index in [-0.39, 0.29) is 5.78 Å². The van der Waals surface area contributed by atoms with Gasteiger partial charge in [-0.15, -0.1) is 0 Å². The second-order valence-corrected chi connectivity index (χ2v) is 4.46. The van der Waals surface area contributed by atoms with Gasteiger partial charge in [0.2, 0.25) is 5.78 Å². The van der Waals surface area contributed by atoms with Gasteiger partial charge in [0.15, 0.2) is 0 Å². The second kappa shape index (κ2) is 5.65. The fourth-order valence-corrected chi connectivity index (χ4v) is 2.08. The maximum absolute atomic E-state index is 12.7. The van der Waals surface area contributed by atoms with E-state index in [0.717, 1.165) is 5.56 Å². The number of ketones is 1. The van der Waals surface area contributed by atoms with Gasteiger partial charge in [-0.2, -0.15) is 0 Å². The standard InChI is InChI=1S/C16H17NO3/c1-10-7-8-12(17)11(9-10)16(18)15-13(19-2)5-4-6-14(15)20-3/h4-9H,17H2,1-3H3. The van der Waals surface area contributed by atoms with Gasteiger partial charge in [-0.05, 0) is 31.2 Å². The lowest BCUT2D eigenvalue weighted by Gasteiger charge is -2.13. The Balaban J connectivity index is 2.61. The van der Waals surface area contributed by atoms with Crippen molar-refractivity contribution in [2.75, 3.05) is 20.0 Å². The predicted octanol–water partition coefficient (Wildman–Crippen LogP) is 2.83. The summed E-state index contributed by atoms with van der Waals surface area (Å²) in [5, 5.41) is 0. The number of hydrogen-bond donors (Lipinski definition) is 1. The summed E-state index contributed by atoms with van der Waals surface area (Å²) < 4.78 is 10.5. The third-order valence-corrected chi connectivity index (χ3v) is 3.11. The molecule has 0 amide bonds. The minimum atomic E-state index is -0.208. The number of methoxy groups -OCH3 is 2. The van der Waals surface area contributed by atoms with Gasteiger partial charge in [-0.3, -0.25) is 4.79 Å². The zero-order valence-electron chi connectivity index (χ0n) is 11.8. The average Bonchev–Trinajstić information content (AvgIpc) is 2.48. The van der Waals surface area contributed by atoms with Crippen LogP contribution in [0.25, 0.3) is 0 Å². The molecule has 0 aliphatic rings. The van der Waals surface area contributed by atoms with E-state index in [4.69, 9.17) is 15.2 Å². The molecule has 0 heterocycles. The van der Waals surface area contributed by atoms with E-state index < -0.39 is 0 Å². The van der Waals surface area contributed by atoms with Crippen LogP contribution < -0.4 is 15.2 Å². The number of rotatable bonds is 4. The Labute approximate surface area is 118 Å². The van der Waals surface area contributed by atoms with Crippen LogP contribution in [0, 0.1) is 6.92 Å². The first-order valence-corrected chi connectivity index (χ1v) is 6.20. The van der Waals surface area contributed by atoms with Crippen LogP contribution in [0.3, 0.4) is 0 Å². The van der Waals surface area contributed by atoms with Crippen molar-refractivity contribution >= 4 is 11.5 Å². The molecular formula is C16H17NO3. The molecule has 0 atom stereocenters. The Morgan fingerprint density at radius 2 is 1.65 bits per heavy atom.